The highest BCUT2D eigenvalue weighted by Gasteiger charge is 2.27. The number of primary amides is 1. The number of imidazole rings is 1. The van der Waals surface area contributed by atoms with E-state index in [1.165, 1.54) is 0 Å². The lowest BCUT2D eigenvalue weighted by Gasteiger charge is -2.22. The van der Waals surface area contributed by atoms with Gasteiger partial charge in [-0.25, -0.2) is 9.37 Å². The highest BCUT2D eigenvalue weighted by molar-refractivity contribution is 5.87. The largest absolute Gasteiger partial charge is 0.366 e. The number of rotatable bonds is 10. The van der Waals surface area contributed by atoms with E-state index in [0.717, 1.165) is 61.9 Å². The minimum absolute atomic E-state index is 0.200. The number of aromatic nitrogens is 6. The second-order valence-electron chi connectivity index (χ2n) is 10.3. The van der Waals surface area contributed by atoms with Crippen LogP contribution >= 0.6 is 0 Å². The van der Waals surface area contributed by atoms with Crippen molar-refractivity contribution in [3.05, 3.63) is 30.9 Å². The smallest absolute Gasteiger partial charge is 0.240 e. The van der Waals surface area contributed by atoms with E-state index in [2.05, 4.69) is 50.3 Å². The van der Waals surface area contributed by atoms with Gasteiger partial charge in [0.2, 0.25) is 11.9 Å². The van der Waals surface area contributed by atoms with E-state index in [-0.39, 0.29) is 5.54 Å². The fourth-order valence-electron chi connectivity index (χ4n) is 4.17. The summed E-state index contributed by atoms with van der Waals surface area (Å²) in [5, 5.41) is 8.23. The van der Waals surface area contributed by atoms with Crippen molar-refractivity contribution in [2.24, 2.45) is 11.5 Å². The third-order valence-corrected chi connectivity index (χ3v) is 6.24. The standard InChI is InChI=1S/C23H36FN9.C3H5NO/c1-5-17-18(14-32(30-17)11-8-6-7-10-25)27-20-19-21(33(15-26-19)23(2,3)4)29-22(28-20)31-12-9-16(24)13-31;1-2-3(4)5/h14-16H,5-13,25H2,1-4H3,(H,27,28,29);2H,1H2,(H2,4,5). The van der Waals surface area contributed by atoms with Gasteiger partial charge in [0.05, 0.1) is 24.3 Å². The van der Waals surface area contributed by atoms with Crippen LogP contribution in [0.1, 0.15) is 59.1 Å². The van der Waals surface area contributed by atoms with Gasteiger partial charge in [0, 0.05) is 24.8 Å². The van der Waals surface area contributed by atoms with Crippen LogP contribution in [0.2, 0.25) is 0 Å². The van der Waals surface area contributed by atoms with E-state index in [1.807, 2.05) is 20.3 Å². The molecule has 208 valence electrons. The Bertz CT molecular complexity index is 1230. The predicted molar refractivity (Wildman–Crippen MR) is 149 cm³/mol. The molecule has 4 rings (SSSR count). The molecule has 3 aromatic heterocycles. The number of fused-ring (bicyclic) bond motifs is 1. The summed E-state index contributed by atoms with van der Waals surface area (Å²) in [5.41, 5.74) is 13.3. The molecule has 5 N–H and O–H groups in total. The number of hydrogen-bond donors (Lipinski definition) is 3. The Hall–Kier alpha value is -3.54. The molecule has 0 radical (unpaired) electrons. The SMILES string of the molecule is C=CC(N)=O.CCc1nn(CCCCCN)cc1Nc1nc(N2CCC(F)C2)nc2c1ncn2C(C)(C)C. The van der Waals surface area contributed by atoms with Crippen molar-refractivity contribution in [2.75, 3.05) is 29.9 Å². The molecule has 1 atom stereocenters. The van der Waals surface area contributed by atoms with E-state index < -0.39 is 12.1 Å². The van der Waals surface area contributed by atoms with Crippen LogP contribution in [0, 0.1) is 0 Å². The first-order valence-electron chi connectivity index (χ1n) is 13.2. The maximum absolute atomic E-state index is 13.9. The lowest BCUT2D eigenvalue weighted by atomic mass is 10.1. The monoisotopic (exact) mass is 528 g/mol. The molecule has 0 aromatic carbocycles. The van der Waals surface area contributed by atoms with E-state index in [1.54, 1.807) is 6.33 Å². The summed E-state index contributed by atoms with van der Waals surface area (Å²) >= 11 is 0. The predicted octanol–water partition coefficient (Wildman–Crippen LogP) is 3.42. The number of anilines is 3. The van der Waals surface area contributed by atoms with Gasteiger partial charge in [-0.2, -0.15) is 15.1 Å². The van der Waals surface area contributed by atoms with E-state index in [4.69, 9.17) is 20.8 Å². The molecule has 1 aliphatic heterocycles. The van der Waals surface area contributed by atoms with Gasteiger partial charge in [-0.05, 0) is 59.1 Å². The molecule has 1 aliphatic rings. The summed E-state index contributed by atoms with van der Waals surface area (Å²) in [7, 11) is 0. The number of aryl methyl sites for hydroxylation is 2. The number of carbonyl (C=O) groups excluding carboxylic acids is 1. The van der Waals surface area contributed by atoms with E-state index in [0.29, 0.717) is 36.8 Å². The first-order chi connectivity index (χ1) is 18.1. The molecule has 0 spiro atoms. The lowest BCUT2D eigenvalue weighted by Crippen LogP contribution is -2.24. The van der Waals surface area contributed by atoms with Gasteiger partial charge in [0.15, 0.2) is 17.0 Å². The summed E-state index contributed by atoms with van der Waals surface area (Å²) in [6.07, 6.45) is 8.50. The zero-order chi connectivity index (χ0) is 27.9. The molecule has 1 amide bonds. The van der Waals surface area contributed by atoms with Crippen LogP contribution in [0.15, 0.2) is 25.2 Å². The molecule has 0 saturated carbocycles. The van der Waals surface area contributed by atoms with Crippen molar-refractivity contribution >= 4 is 34.5 Å². The molecule has 1 unspecified atom stereocenters. The Labute approximate surface area is 223 Å². The number of halogens is 1. The van der Waals surface area contributed by atoms with Gasteiger partial charge in [-0.15, -0.1) is 0 Å². The van der Waals surface area contributed by atoms with Crippen LogP contribution in [0.5, 0.6) is 0 Å². The number of carbonyl (C=O) groups is 1. The number of nitrogens with one attached hydrogen (secondary N) is 1. The summed E-state index contributed by atoms with van der Waals surface area (Å²) in [6, 6.07) is 0. The summed E-state index contributed by atoms with van der Waals surface area (Å²) in [5.74, 6) is 0.672. The third-order valence-electron chi connectivity index (χ3n) is 6.24. The molecular weight excluding hydrogens is 487 g/mol. The van der Waals surface area contributed by atoms with Gasteiger partial charge in [-0.3, -0.25) is 9.48 Å². The highest BCUT2D eigenvalue weighted by atomic mass is 19.1. The van der Waals surface area contributed by atoms with Crippen molar-refractivity contribution in [3.63, 3.8) is 0 Å². The fourth-order valence-corrected chi connectivity index (χ4v) is 4.17. The van der Waals surface area contributed by atoms with Crippen molar-refractivity contribution in [3.8, 4) is 0 Å². The molecule has 11 nitrogen and oxygen atoms in total. The number of alkyl halides is 1. The average Bonchev–Trinajstić information content (AvgIpc) is 3.60. The van der Waals surface area contributed by atoms with Crippen molar-refractivity contribution < 1.29 is 9.18 Å². The molecule has 4 heterocycles. The Morgan fingerprint density at radius 2 is 2.03 bits per heavy atom. The Balaban J connectivity index is 0.000000732. The maximum atomic E-state index is 13.9. The molecule has 1 saturated heterocycles. The van der Waals surface area contributed by atoms with Gasteiger partial charge in [-0.1, -0.05) is 19.9 Å². The normalized spacial score (nSPS) is 15.4. The first-order valence-corrected chi connectivity index (χ1v) is 13.2. The van der Waals surface area contributed by atoms with Crippen LogP contribution in [0.3, 0.4) is 0 Å². The van der Waals surface area contributed by atoms with Crippen LogP contribution in [-0.4, -0.2) is 61.0 Å². The first kappa shape index (κ1) is 29.0. The Kier molecular flexibility index (Phi) is 9.78. The number of amides is 1. The van der Waals surface area contributed by atoms with E-state index in [9.17, 15) is 9.18 Å². The maximum Gasteiger partial charge on any atom is 0.240 e. The van der Waals surface area contributed by atoms with Crippen LogP contribution in [0.25, 0.3) is 11.2 Å². The molecular formula is C26H41FN10O. The zero-order valence-electron chi connectivity index (χ0n) is 23.0. The lowest BCUT2D eigenvalue weighted by molar-refractivity contribution is -0.113. The molecule has 0 aliphatic carbocycles. The quantitative estimate of drug-likeness (QED) is 0.268. The number of hydrogen-bond acceptors (Lipinski definition) is 8. The second kappa shape index (κ2) is 12.8. The van der Waals surface area contributed by atoms with Crippen LogP contribution in [0.4, 0.5) is 21.8 Å². The minimum atomic E-state index is -0.850. The van der Waals surface area contributed by atoms with Gasteiger partial charge >= 0.3 is 0 Å². The van der Waals surface area contributed by atoms with Crippen molar-refractivity contribution in [1.82, 2.24) is 29.3 Å². The van der Waals surface area contributed by atoms with Crippen molar-refractivity contribution in [1.29, 1.82) is 0 Å². The third kappa shape index (κ3) is 7.27. The van der Waals surface area contributed by atoms with Crippen molar-refractivity contribution in [2.45, 2.75) is 78.1 Å². The Morgan fingerprint density at radius 1 is 1.29 bits per heavy atom. The van der Waals surface area contributed by atoms with E-state index >= 15 is 0 Å². The molecule has 12 heteroatoms. The van der Waals surface area contributed by atoms with Gasteiger partial charge < -0.3 is 26.3 Å². The van der Waals surface area contributed by atoms with Crippen LogP contribution < -0.4 is 21.7 Å². The molecule has 38 heavy (non-hydrogen) atoms. The zero-order valence-corrected chi connectivity index (χ0v) is 23.0. The second-order valence-corrected chi connectivity index (χ2v) is 10.3. The highest BCUT2D eigenvalue weighted by Crippen LogP contribution is 2.31. The number of nitrogens with zero attached hydrogens (tertiary/aromatic N) is 7. The minimum Gasteiger partial charge on any atom is -0.366 e. The average molecular weight is 529 g/mol. The number of unbranched alkanes of at least 4 members (excludes halogenated alkanes) is 2. The Morgan fingerprint density at radius 3 is 2.61 bits per heavy atom. The summed E-state index contributed by atoms with van der Waals surface area (Å²) < 4.78 is 18.0. The van der Waals surface area contributed by atoms with Gasteiger partial charge in [0.25, 0.3) is 0 Å². The molecule has 0 bridgehead atoms. The molecule has 1 fully saturated rings. The van der Waals surface area contributed by atoms with Crippen LogP contribution in [-0.2, 0) is 23.3 Å². The number of nitrogens with two attached hydrogens (primary N) is 2. The summed E-state index contributed by atoms with van der Waals surface area (Å²) in [4.78, 5) is 25.6. The summed E-state index contributed by atoms with van der Waals surface area (Å²) in [6.45, 7) is 14.0. The topological polar surface area (TPSA) is 146 Å². The molecule has 3 aromatic rings. The fraction of sp³-hybridized carbons (Fsp3) is 0.577. The van der Waals surface area contributed by atoms with Gasteiger partial charge in [0.1, 0.15) is 6.17 Å².